The van der Waals surface area contributed by atoms with Gasteiger partial charge < -0.3 is 10.4 Å². The minimum Gasteiger partial charge on any atom is -0.481 e. The van der Waals surface area contributed by atoms with Crippen LogP contribution in [-0.4, -0.2) is 11.1 Å². The molecule has 0 heterocycles. The summed E-state index contributed by atoms with van der Waals surface area (Å²) in [4.78, 5) is 10.7. The van der Waals surface area contributed by atoms with Crippen molar-refractivity contribution in [1.29, 1.82) is 0 Å². The Labute approximate surface area is 120 Å². The molecule has 0 spiro atoms. The van der Waals surface area contributed by atoms with Crippen LogP contribution in [0.15, 0.2) is 42.5 Å². The second-order valence-corrected chi connectivity index (χ2v) is 4.81. The minimum absolute atomic E-state index is 0.0220. The Hall–Kier alpha value is -1.71. The molecule has 2 N–H and O–H groups in total. The molecule has 2 aromatic carbocycles. The third-order valence-corrected chi connectivity index (χ3v) is 3.14. The van der Waals surface area contributed by atoms with Crippen molar-refractivity contribution in [2.45, 2.75) is 6.42 Å². The van der Waals surface area contributed by atoms with Gasteiger partial charge in [0.05, 0.1) is 22.2 Å². The van der Waals surface area contributed by atoms with E-state index in [0.29, 0.717) is 21.3 Å². The Kier molecular flexibility index (Phi) is 4.30. The van der Waals surface area contributed by atoms with E-state index in [0.717, 1.165) is 5.69 Å². The lowest BCUT2D eigenvalue weighted by atomic mass is 10.1. The fourth-order valence-corrected chi connectivity index (χ4v) is 2.19. The summed E-state index contributed by atoms with van der Waals surface area (Å²) in [6, 6.07) is 12.3. The average Bonchev–Trinajstić information content (AvgIpc) is 2.34. The van der Waals surface area contributed by atoms with E-state index < -0.39 is 5.97 Å². The molecule has 0 saturated carbocycles. The zero-order valence-corrected chi connectivity index (χ0v) is 11.4. The van der Waals surface area contributed by atoms with Crippen LogP contribution in [0.1, 0.15) is 5.56 Å². The molecule has 0 fully saturated rings. The number of carboxylic acid groups (broad SMARTS) is 1. The van der Waals surface area contributed by atoms with E-state index in [-0.39, 0.29) is 6.42 Å². The molecule has 0 amide bonds. The van der Waals surface area contributed by atoms with E-state index in [2.05, 4.69) is 5.32 Å². The molecule has 0 saturated heterocycles. The first kappa shape index (κ1) is 13.7. The van der Waals surface area contributed by atoms with Gasteiger partial charge in [0.15, 0.2) is 0 Å². The summed E-state index contributed by atoms with van der Waals surface area (Å²) in [5.41, 5.74) is 2.06. The van der Waals surface area contributed by atoms with E-state index in [1.54, 1.807) is 36.4 Å². The Balaban J connectivity index is 2.26. The fraction of sp³-hybridized carbons (Fsp3) is 0.0714. The van der Waals surface area contributed by atoms with Crippen molar-refractivity contribution in [3.8, 4) is 0 Å². The Morgan fingerprint density at radius 1 is 1.11 bits per heavy atom. The van der Waals surface area contributed by atoms with Crippen LogP contribution in [0.3, 0.4) is 0 Å². The molecule has 0 aliphatic rings. The predicted octanol–water partition coefficient (Wildman–Crippen LogP) is 4.36. The molecule has 0 aromatic heterocycles. The maximum absolute atomic E-state index is 10.7. The number of carboxylic acids is 1. The van der Waals surface area contributed by atoms with Crippen molar-refractivity contribution >= 4 is 40.5 Å². The molecule has 3 nitrogen and oxygen atoms in total. The lowest BCUT2D eigenvalue weighted by Gasteiger charge is -2.11. The first-order valence-electron chi connectivity index (χ1n) is 5.58. The molecule has 19 heavy (non-hydrogen) atoms. The maximum atomic E-state index is 10.7. The highest BCUT2D eigenvalue weighted by Gasteiger charge is 2.06. The van der Waals surface area contributed by atoms with Gasteiger partial charge in [-0.3, -0.25) is 4.79 Å². The highest BCUT2D eigenvalue weighted by atomic mass is 35.5. The number of para-hydroxylation sites is 1. The first-order valence-corrected chi connectivity index (χ1v) is 6.33. The molecule has 0 aliphatic carbocycles. The van der Waals surface area contributed by atoms with Crippen LogP contribution in [0, 0.1) is 0 Å². The average molecular weight is 296 g/mol. The third-order valence-electron chi connectivity index (χ3n) is 2.51. The van der Waals surface area contributed by atoms with Crippen LogP contribution in [0.25, 0.3) is 0 Å². The Bertz CT molecular complexity index is 594. The number of aliphatic carboxylic acids is 1. The Morgan fingerprint density at radius 3 is 2.37 bits per heavy atom. The van der Waals surface area contributed by atoms with Crippen molar-refractivity contribution in [2.75, 3.05) is 5.32 Å². The van der Waals surface area contributed by atoms with Crippen molar-refractivity contribution in [3.63, 3.8) is 0 Å². The summed E-state index contributed by atoms with van der Waals surface area (Å²) in [5, 5.41) is 12.9. The molecule has 2 rings (SSSR count). The van der Waals surface area contributed by atoms with E-state index in [1.165, 1.54) is 0 Å². The van der Waals surface area contributed by atoms with Gasteiger partial charge in [-0.1, -0.05) is 41.4 Å². The van der Waals surface area contributed by atoms with Gasteiger partial charge in [-0.25, -0.2) is 0 Å². The zero-order valence-electron chi connectivity index (χ0n) is 9.86. The highest BCUT2D eigenvalue weighted by molar-refractivity contribution is 6.39. The molecular formula is C14H11Cl2NO2. The van der Waals surface area contributed by atoms with Gasteiger partial charge in [0.1, 0.15) is 0 Å². The van der Waals surface area contributed by atoms with Gasteiger partial charge in [-0.05, 0) is 29.8 Å². The summed E-state index contributed by atoms with van der Waals surface area (Å²) < 4.78 is 0. The fourth-order valence-electron chi connectivity index (χ4n) is 1.70. The number of hydrogen-bond donors (Lipinski definition) is 2. The predicted molar refractivity (Wildman–Crippen MR) is 77.5 cm³/mol. The number of halogens is 2. The number of nitrogens with one attached hydrogen (secondary N) is 1. The largest absolute Gasteiger partial charge is 0.481 e. The van der Waals surface area contributed by atoms with Crippen molar-refractivity contribution < 1.29 is 9.90 Å². The van der Waals surface area contributed by atoms with Gasteiger partial charge in [0.2, 0.25) is 0 Å². The summed E-state index contributed by atoms with van der Waals surface area (Å²) in [5.74, 6) is -0.868. The van der Waals surface area contributed by atoms with Crippen molar-refractivity contribution in [3.05, 3.63) is 58.1 Å². The van der Waals surface area contributed by atoms with E-state index in [4.69, 9.17) is 28.3 Å². The molecule has 0 unspecified atom stereocenters. The van der Waals surface area contributed by atoms with Gasteiger partial charge in [0.25, 0.3) is 0 Å². The highest BCUT2D eigenvalue weighted by Crippen LogP contribution is 2.32. The molecular weight excluding hydrogens is 285 g/mol. The minimum atomic E-state index is -0.868. The van der Waals surface area contributed by atoms with E-state index >= 15 is 0 Å². The second kappa shape index (κ2) is 5.95. The number of anilines is 2. The molecule has 0 atom stereocenters. The molecule has 0 radical (unpaired) electrons. The lowest BCUT2D eigenvalue weighted by Crippen LogP contribution is -2.00. The number of carbonyl (C=O) groups is 1. The normalized spacial score (nSPS) is 10.2. The number of rotatable bonds is 4. The summed E-state index contributed by atoms with van der Waals surface area (Å²) >= 11 is 12.1. The molecule has 2 aromatic rings. The van der Waals surface area contributed by atoms with Crippen molar-refractivity contribution in [2.24, 2.45) is 0 Å². The van der Waals surface area contributed by atoms with Crippen LogP contribution in [0.2, 0.25) is 10.0 Å². The topological polar surface area (TPSA) is 49.3 Å². The van der Waals surface area contributed by atoms with Gasteiger partial charge in [-0.2, -0.15) is 0 Å². The van der Waals surface area contributed by atoms with Gasteiger partial charge in [-0.15, -0.1) is 0 Å². The summed E-state index contributed by atoms with van der Waals surface area (Å²) in [6.45, 7) is 0. The SMILES string of the molecule is O=C(O)Cc1cccc(Nc2c(Cl)cccc2Cl)c1. The maximum Gasteiger partial charge on any atom is 0.307 e. The smallest absolute Gasteiger partial charge is 0.307 e. The van der Waals surface area contributed by atoms with E-state index in [9.17, 15) is 4.79 Å². The van der Waals surface area contributed by atoms with Crippen LogP contribution >= 0.6 is 23.2 Å². The van der Waals surface area contributed by atoms with Gasteiger partial charge >= 0.3 is 5.97 Å². The standard InChI is InChI=1S/C14H11Cl2NO2/c15-11-5-2-6-12(16)14(11)17-10-4-1-3-9(7-10)8-13(18)19/h1-7,17H,8H2,(H,18,19). The van der Waals surface area contributed by atoms with Crippen LogP contribution in [0.5, 0.6) is 0 Å². The molecule has 5 heteroatoms. The van der Waals surface area contributed by atoms with E-state index in [1.807, 2.05) is 6.07 Å². The Morgan fingerprint density at radius 2 is 1.74 bits per heavy atom. The summed E-state index contributed by atoms with van der Waals surface area (Å²) in [7, 11) is 0. The quantitative estimate of drug-likeness (QED) is 0.881. The van der Waals surface area contributed by atoms with Crippen LogP contribution in [-0.2, 0) is 11.2 Å². The molecule has 0 aliphatic heterocycles. The van der Waals surface area contributed by atoms with Crippen LogP contribution in [0.4, 0.5) is 11.4 Å². The number of hydrogen-bond acceptors (Lipinski definition) is 2. The first-order chi connectivity index (χ1) is 9.06. The van der Waals surface area contributed by atoms with Crippen molar-refractivity contribution in [1.82, 2.24) is 0 Å². The molecule has 98 valence electrons. The lowest BCUT2D eigenvalue weighted by molar-refractivity contribution is -0.136. The zero-order chi connectivity index (χ0) is 13.8. The monoisotopic (exact) mass is 295 g/mol. The summed E-state index contributed by atoms with van der Waals surface area (Å²) in [6.07, 6.45) is -0.0220. The third kappa shape index (κ3) is 3.63. The van der Waals surface area contributed by atoms with Gasteiger partial charge in [0, 0.05) is 5.69 Å². The number of benzene rings is 2. The molecule has 0 bridgehead atoms. The van der Waals surface area contributed by atoms with Crippen LogP contribution < -0.4 is 5.32 Å². The second-order valence-electron chi connectivity index (χ2n) is 3.99.